The van der Waals surface area contributed by atoms with Gasteiger partial charge >= 0.3 is 5.97 Å². The lowest BCUT2D eigenvalue weighted by Crippen LogP contribution is -2.36. The Labute approximate surface area is 234 Å². The summed E-state index contributed by atoms with van der Waals surface area (Å²) in [7, 11) is 0. The zero-order chi connectivity index (χ0) is 27.9. The average Bonchev–Trinajstić information content (AvgIpc) is 3.61. The predicted octanol–water partition coefficient (Wildman–Crippen LogP) is 5.78. The molecule has 1 atom stereocenters. The molecule has 206 valence electrons. The quantitative estimate of drug-likeness (QED) is 0.234. The fourth-order valence-corrected chi connectivity index (χ4v) is 6.99. The number of esters is 1. The second-order valence-electron chi connectivity index (χ2n) is 10.7. The monoisotopic (exact) mass is 567 g/mol. The molecule has 1 amide bonds. The maximum Gasteiger partial charge on any atom is 0.341 e. The summed E-state index contributed by atoms with van der Waals surface area (Å²) in [6, 6.07) is 2.91. The Balaban J connectivity index is 1.58. The molecule has 1 N–H and O–H groups in total. The number of rotatable bonds is 6. The van der Waals surface area contributed by atoms with E-state index in [1.807, 2.05) is 38.3 Å². The van der Waals surface area contributed by atoms with Crippen LogP contribution >= 0.6 is 22.7 Å². The molecule has 4 aromatic heterocycles. The van der Waals surface area contributed by atoms with Crippen molar-refractivity contribution in [3.05, 3.63) is 50.1 Å². The summed E-state index contributed by atoms with van der Waals surface area (Å²) in [5.74, 6) is -0.851. The van der Waals surface area contributed by atoms with Gasteiger partial charge in [0, 0.05) is 4.88 Å². The van der Waals surface area contributed by atoms with Crippen molar-refractivity contribution in [2.24, 2.45) is 0 Å². The highest BCUT2D eigenvalue weighted by molar-refractivity contribution is 7.17. The lowest BCUT2D eigenvalue weighted by atomic mass is 10.1. The van der Waals surface area contributed by atoms with Gasteiger partial charge in [-0.25, -0.2) is 9.48 Å². The first-order valence-electron chi connectivity index (χ1n) is 13.3. The first-order chi connectivity index (χ1) is 18.6. The largest absolute Gasteiger partial charge is 0.462 e. The molecular formula is C28H33N5O4S2. The van der Waals surface area contributed by atoms with E-state index < -0.39 is 29.0 Å². The van der Waals surface area contributed by atoms with E-state index in [9.17, 15) is 14.4 Å². The molecule has 0 spiro atoms. The Kier molecular flexibility index (Phi) is 7.47. The molecule has 0 fully saturated rings. The third kappa shape index (κ3) is 5.05. The maximum atomic E-state index is 13.8. The molecule has 0 saturated carbocycles. The number of hydrogen-bond donors (Lipinski definition) is 1. The molecule has 4 aromatic rings. The first-order valence-corrected chi connectivity index (χ1v) is 15.0. The number of carbonyl (C=O) groups excluding carboxylic acids is 2. The van der Waals surface area contributed by atoms with E-state index >= 15 is 0 Å². The molecular weight excluding hydrogens is 534 g/mol. The number of aryl methyl sites for hydroxylation is 1. The average molecular weight is 568 g/mol. The van der Waals surface area contributed by atoms with E-state index in [1.54, 1.807) is 24.7 Å². The van der Waals surface area contributed by atoms with Crippen LogP contribution in [0.1, 0.15) is 80.7 Å². The fourth-order valence-electron chi connectivity index (χ4n) is 4.99. The number of carbonyl (C=O) groups is 2. The molecule has 0 aliphatic heterocycles. The molecule has 5 rings (SSSR count). The zero-order valence-electron chi connectivity index (χ0n) is 22.9. The van der Waals surface area contributed by atoms with Crippen molar-refractivity contribution in [1.82, 2.24) is 19.6 Å². The highest BCUT2D eigenvalue weighted by Gasteiger charge is 2.30. The van der Waals surface area contributed by atoms with Crippen LogP contribution < -0.4 is 10.9 Å². The van der Waals surface area contributed by atoms with Gasteiger partial charge in [-0.1, -0.05) is 12.5 Å². The minimum atomic E-state index is -0.944. The molecule has 0 saturated heterocycles. The normalized spacial score (nSPS) is 14.6. The van der Waals surface area contributed by atoms with Crippen LogP contribution in [0.3, 0.4) is 0 Å². The number of anilines is 1. The molecule has 1 unspecified atom stereocenters. The number of hydrogen-bond acceptors (Lipinski definition) is 8. The summed E-state index contributed by atoms with van der Waals surface area (Å²) in [4.78, 5) is 42.4. The first kappa shape index (κ1) is 27.3. The summed E-state index contributed by atoms with van der Waals surface area (Å²) in [6.07, 6.45) is 6.47. The second-order valence-corrected chi connectivity index (χ2v) is 12.8. The summed E-state index contributed by atoms with van der Waals surface area (Å²) >= 11 is 2.94. The second kappa shape index (κ2) is 10.7. The minimum absolute atomic E-state index is 0.250. The van der Waals surface area contributed by atoms with Crippen molar-refractivity contribution in [2.75, 3.05) is 11.9 Å². The number of amides is 1. The van der Waals surface area contributed by atoms with Crippen molar-refractivity contribution in [1.29, 1.82) is 0 Å². The Morgan fingerprint density at radius 2 is 1.97 bits per heavy atom. The predicted molar refractivity (Wildman–Crippen MR) is 155 cm³/mol. The smallest absolute Gasteiger partial charge is 0.341 e. The molecule has 4 heterocycles. The third-order valence-electron chi connectivity index (χ3n) is 6.92. The fraction of sp³-hybridized carbons (Fsp3) is 0.464. The van der Waals surface area contributed by atoms with Crippen molar-refractivity contribution in [3.63, 3.8) is 0 Å². The van der Waals surface area contributed by atoms with E-state index in [4.69, 9.17) is 4.74 Å². The third-order valence-corrected chi connectivity index (χ3v) is 9.00. The van der Waals surface area contributed by atoms with E-state index in [2.05, 4.69) is 15.5 Å². The van der Waals surface area contributed by atoms with Gasteiger partial charge in [0.25, 0.3) is 5.56 Å². The Hall–Kier alpha value is -3.31. The van der Waals surface area contributed by atoms with Crippen LogP contribution in [0.4, 0.5) is 5.00 Å². The molecule has 0 radical (unpaired) electrons. The standard InChI is InChI=1S/C28H33N5O4S2/c1-6-37-27(36)21-17-11-8-7-9-12-19(17)39-25(21)30-24(34)16(2)32-26(35)23-18(15-29-33(23)28(3,4)5)22(31-32)20-13-10-14-38-20/h10,13-16H,6-9,11-12H2,1-5H3,(H,30,34). The number of fused-ring (bicyclic) bond motifs is 2. The number of ether oxygens (including phenoxy) is 1. The number of nitrogens with one attached hydrogen (secondary N) is 1. The SMILES string of the molecule is CCOC(=O)c1c(NC(=O)C(C)n2nc(-c3cccs3)c3cnn(C(C)(C)C)c3c2=O)sc2c1CCCCC2. The van der Waals surface area contributed by atoms with Crippen LogP contribution in [0, 0.1) is 0 Å². The van der Waals surface area contributed by atoms with Crippen molar-refractivity contribution < 1.29 is 14.3 Å². The highest BCUT2D eigenvalue weighted by atomic mass is 32.1. The van der Waals surface area contributed by atoms with Gasteiger partial charge in [-0.2, -0.15) is 10.2 Å². The summed E-state index contributed by atoms with van der Waals surface area (Å²) in [6.45, 7) is 9.59. The summed E-state index contributed by atoms with van der Waals surface area (Å²) < 4.78 is 8.29. The van der Waals surface area contributed by atoms with Gasteiger partial charge in [0.15, 0.2) is 0 Å². The summed E-state index contributed by atoms with van der Waals surface area (Å²) in [5, 5.41) is 15.2. The Bertz CT molecular complexity index is 1590. The van der Waals surface area contributed by atoms with Gasteiger partial charge < -0.3 is 10.1 Å². The topological polar surface area (TPSA) is 108 Å². The molecule has 1 aliphatic rings. The van der Waals surface area contributed by atoms with E-state index in [0.29, 0.717) is 27.2 Å². The van der Waals surface area contributed by atoms with Gasteiger partial charge in [0.1, 0.15) is 22.3 Å². The van der Waals surface area contributed by atoms with Crippen molar-refractivity contribution in [2.45, 2.75) is 78.3 Å². The molecule has 11 heteroatoms. The molecule has 0 bridgehead atoms. The van der Waals surface area contributed by atoms with Gasteiger partial charge in [-0.05, 0) is 77.3 Å². The Morgan fingerprint density at radius 3 is 2.67 bits per heavy atom. The van der Waals surface area contributed by atoms with Crippen LogP contribution in [-0.4, -0.2) is 38.0 Å². The molecule has 1 aliphatic carbocycles. The van der Waals surface area contributed by atoms with Crippen molar-refractivity contribution >= 4 is 50.5 Å². The van der Waals surface area contributed by atoms with Crippen LogP contribution in [0.5, 0.6) is 0 Å². The van der Waals surface area contributed by atoms with Crippen LogP contribution in [0.25, 0.3) is 21.5 Å². The highest BCUT2D eigenvalue weighted by Crippen LogP contribution is 2.38. The maximum absolute atomic E-state index is 13.8. The minimum Gasteiger partial charge on any atom is -0.462 e. The zero-order valence-corrected chi connectivity index (χ0v) is 24.5. The Morgan fingerprint density at radius 1 is 1.21 bits per heavy atom. The molecule has 9 nitrogen and oxygen atoms in total. The van der Waals surface area contributed by atoms with Crippen LogP contribution in [0.15, 0.2) is 28.5 Å². The van der Waals surface area contributed by atoms with E-state index in [-0.39, 0.29) is 6.61 Å². The van der Waals surface area contributed by atoms with E-state index in [0.717, 1.165) is 47.4 Å². The van der Waals surface area contributed by atoms with Gasteiger partial charge in [-0.3, -0.25) is 14.3 Å². The number of thiophene rings is 2. The van der Waals surface area contributed by atoms with E-state index in [1.165, 1.54) is 27.4 Å². The number of aromatic nitrogens is 4. The van der Waals surface area contributed by atoms with Gasteiger partial charge in [0.05, 0.1) is 34.2 Å². The van der Waals surface area contributed by atoms with Gasteiger partial charge in [-0.15, -0.1) is 22.7 Å². The molecule has 39 heavy (non-hydrogen) atoms. The molecule has 0 aromatic carbocycles. The lowest BCUT2D eigenvalue weighted by Gasteiger charge is -2.21. The van der Waals surface area contributed by atoms with Gasteiger partial charge in [0.2, 0.25) is 5.91 Å². The van der Waals surface area contributed by atoms with Crippen molar-refractivity contribution in [3.8, 4) is 10.6 Å². The number of nitrogens with zero attached hydrogens (tertiary/aromatic N) is 4. The summed E-state index contributed by atoms with van der Waals surface area (Å²) in [5.41, 5.74) is 1.57. The lowest BCUT2D eigenvalue weighted by molar-refractivity contribution is -0.119. The van der Waals surface area contributed by atoms with Crippen LogP contribution in [0.2, 0.25) is 0 Å². The van der Waals surface area contributed by atoms with Crippen LogP contribution in [-0.2, 0) is 27.9 Å².